The molecule has 0 spiro atoms. The second kappa shape index (κ2) is 7.84. The second-order valence-electron chi connectivity index (χ2n) is 6.30. The molecule has 0 radical (unpaired) electrons. The molecule has 1 aromatic heterocycles. The van der Waals surface area contributed by atoms with Crippen molar-refractivity contribution in [3.63, 3.8) is 0 Å². The molecule has 1 fully saturated rings. The molecule has 5 nitrogen and oxygen atoms in total. The molecule has 1 N–H and O–H groups in total. The number of methoxy groups -OCH3 is 1. The predicted molar refractivity (Wildman–Crippen MR) is 95.9 cm³/mol. The quantitative estimate of drug-likeness (QED) is 0.861. The lowest BCUT2D eigenvalue weighted by Crippen LogP contribution is -2.37. The van der Waals surface area contributed by atoms with Gasteiger partial charge in [0.2, 0.25) is 0 Å². The number of nitriles is 1. The van der Waals surface area contributed by atoms with Crippen LogP contribution in [0.15, 0.2) is 36.4 Å². The number of hydrogen-bond donors (Lipinski definition) is 1. The van der Waals surface area contributed by atoms with Gasteiger partial charge in [0.1, 0.15) is 17.6 Å². The number of benzene rings is 1. The summed E-state index contributed by atoms with van der Waals surface area (Å²) in [5.74, 6) is 0.316. The van der Waals surface area contributed by atoms with Crippen LogP contribution in [0.25, 0.3) is 0 Å². The van der Waals surface area contributed by atoms with E-state index < -0.39 is 11.7 Å². The molecule has 1 aliphatic rings. The molecule has 0 aliphatic carbocycles. The fraction of sp³-hybridized carbons (Fsp3) is 0.368. The van der Waals surface area contributed by atoms with Gasteiger partial charge >= 0.3 is 6.18 Å². The molecule has 0 bridgehead atoms. The third-order valence-corrected chi connectivity index (χ3v) is 4.55. The summed E-state index contributed by atoms with van der Waals surface area (Å²) in [5.41, 5.74) is -0.0738. The van der Waals surface area contributed by atoms with E-state index in [1.165, 1.54) is 12.1 Å². The molecule has 0 atom stereocenters. The number of aromatic nitrogens is 1. The van der Waals surface area contributed by atoms with E-state index in [-0.39, 0.29) is 23.2 Å². The van der Waals surface area contributed by atoms with Crippen molar-refractivity contribution in [3.8, 4) is 6.07 Å². The highest BCUT2D eigenvalue weighted by Crippen LogP contribution is 2.39. The molecule has 0 unspecified atom stereocenters. The fourth-order valence-electron chi connectivity index (χ4n) is 3.16. The van der Waals surface area contributed by atoms with Gasteiger partial charge in [-0.05, 0) is 43.2 Å². The number of alkyl halides is 3. The van der Waals surface area contributed by atoms with E-state index in [9.17, 15) is 13.2 Å². The van der Waals surface area contributed by atoms with Crippen LogP contribution < -0.4 is 10.2 Å². The Balaban J connectivity index is 1.87. The van der Waals surface area contributed by atoms with Crippen molar-refractivity contribution >= 4 is 17.2 Å². The summed E-state index contributed by atoms with van der Waals surface area (Å²) < 4.78 is 46.2. The van der Waals surface area contributed by atoms with Gasteiger partial charge < -0.3 is 15.0 Å². The number of anilines is 3. The molecule has 142 valence electrons. The van der Waals surface area contributed by atoms with Crippen LogP contribution in [0.3, 0.4) is 0 Å². The highest BCUT2D eigenvalue weighted by atomic mass is 19.4. The van der Waals surface area contributed by atoms with Crippen molar-refractivity contribution in [3.05, 3.63) is 47.7 Å². The number of rotatable bonds is 4. The van der Waals surface area contributed by atoms with Gasteiger partial charge in [0, 0.05) is 31.6 Å². The minimum absolute atomic E-state index is 0.0926. The standard InChI is InChI=1S/C19H19F3N4O/c1-27-15-7-9-26(10-8-15)17-6-5-13(11-16(17)19(20,21)22)24-18-4-2-3-14(12-23)25-18/h2-6,11,15H,7-10H2,1H3,(H,24,25). The lowest BCUT2D eigenvalue weighted by molar-refractivity contribution is -0.137. The van der Waals surface area contributed by atoms with Crippen molar-refractivity contribution in [1.29, 1.82) is 5.26 Å². The number of piperidine rings is 1. The molecule has 1 aromatic carbocycles. The highest BCUT2D eigenvalue weighted by Gasteiger charge is 2.36. The Hall–Kier alpha value is -2.79. The second-order valence-corrected chi connectivity index (χ2v) is 6.30. The van der Waals surface area contributed by atoms with Gasteiger partial charge in [-0.25, -0.2) is 4.98 Å². The zero-order valence-electron chi connectivity index (χ0n) is 14.8. The minimum Gasteiger partial charge on any atom is -0.381 e. The number of hydrogen-bond acceptors (Lipinski definition) is 5. The van der Waals surface area contributed by atoms with Crippen LogP contribution in [-0.2, 0) is 10.9 Å². The largest absolute Gasteiger partial charge is 0.418 e. The number of ether oxygens (including phenoxy) is 1. The summed E-state index contributed by atoms with van der Waals surface area (Å²) in [4.78, 5) is 5.78. The van der Waals surface area contributed by atoms with Crippen LogP contribution in [0, 0.1) is 11.3 Å². The van der Waals surface area contributed by atoms with Crippen LogP contribution in [0.1, 0.15) is 24.1 Å². The zero-order chi connectivity index (χ0) is 19.4. The van der Waals surface area contributed by atoms with Gasteiger partial charge in [-0.15, -0.1) is 0 Å². The van der Waals surface area contributed by atoms with E-state index in [1.54, 1.807) is 30.2 Å². The Morgan fingerprint density at radius 2 is 1.96 bits per heavy atom. The van der Waals surface area contributed by atoms with Crippen LogP contribution >= 0.6 is 0 Å². The van der Waals surface area contributed by atoms with E-state index >= 15 is 0 Å². The predicted octanol–water partition coefficient (Wildman–Crippen LogP) is 4.33. The summed E-state index contributed by atoms with van der Waals surface area (Å²) in [6.07, 6.45) is -3.00. The topological polar surface area (TPSA) is 61.2 Å². The van der Waals surface area contributed by atoms with Crippen molar-refractivity contribution < 1.29 is 17.9 Å². The van der Waals surface area contributed by atoms with E-state index in [4.69, 9.17) is 10.00 Å². The van der Waals surface area contributed by atoms with Gasteiger partial charge in [0.25, 0.3) is 0 Å². The summed E-state index contributed by atoms with van der Waals surface area (Å²) >= 11 is 0. The van der Waals surface area contributed by atoms with Gasteiger partial charge in [-0.1, -0.05) is 6.07 Å². The van der Waals surface area contributed by atoms with Crippen molar-refractivity contribution in [1.82, 2.24) is 4.98 Å². The number of nitrogens with zero attached hydrogens (tertiary/aromatic N) is 3. The summed E-state index contributed by atoms with van der Waals surface area (Å²) in [5, 5.41) is 11.7. The van der Waals surface area contributed by atoms with Crippen molar-refractivity contribution in [2.45, 2.75) is 25.1 Å². The molecule has 27 heavy (non-hydrogen) atoms. The third kappa shape index (κ3) is 4.49. The lowest BCUT2D eigenvalue weighted by Gasteiger charge is -2.34. The normalized spacial score (nSPS) is 15.4. The summed E-state index contributed by atoms with van der Waals surface area (Å²) in [6.45, 7) is 1.03. The third-order valence-electron chi connectivity index (χ3n) is 4.55. The molecule has 8 heteroatoms. The maximum absolute atomic E-state index is 13.6. The van der Waals surface area contributed by atoms with Crippen LogP contribution in [0.4, 0.5) is 30.4 Å². The highest BCUT2D eigenvalue weighted by molar-refractivity contribution is 5.66. The molecule has 1 saturated heterocycles. The monoisotopic (exact) mass is 376 g/mol. The first kappa shape index (κ1) is 19.0. The molecular formula is C19H19F3N4O. The number of halogens is 3. The minimum atomic E-state index is -4.48. The SMILES string of the molecule is COC1CCN(c2ccc(Nc3cccc(C#N)n3)cc2C(F)(F)F)CC1. The molecule has 2 aromatic rings. The van der Waals surface area contributed by atoms with E-state index in [1.807, 2.05) is 6.07 Å². The van der Waals surface area contributed by atoms with E-state index in [2.05, 4.69) is 10.3 Å². The van der Waals surface area contributed by atoms with Crippen molar-refractivity contribution in [2.24, 2.45) is 0 Å². The van der Waals surface area contributed by atoms with Gasteiger partial charge in [-0.2, -0.15) is 18.4 Å². The summed E-state index contributed by atoms with van der Waals surface area (Å²) in [6, 6.07) is 10.8. The average Bonchev–Trinajstić information content (AvgIpc) is 2.67. The number of nitrogens with one attached hydrogen (secondary N) is 1. The zero-order valence-corrected chi connectivity index (χ0v) is 14.8. The van der Waals surface area contributed by atoms with Gasteiger partial charge in [-0.3, -0.25) is 0 Å². The molecule has 0 amide bonds. The Morgan fingerprint density at radius 1 is 1.22 bits per heavy atom. The van der Waals surface area contributed by atoms with Crippen molar-refractivity contribution in [2.75, 3.05) is 30.4 Å². The average molecular weight is 376 g/mol. The fourth-order valence-corrected chi connectivity index (χ4v) is 3.16. The first-order chi connectivity index (χ1) is 12.9. The van der Waals surface area contributed by atoms with Gasteiger partial charge in [0.05, 0.1) is 11.7 Å². The molecule has 3 rings (SSSR count). The summed E-state index contributed by atoms with van der Waals surface area (Å²) in [7, 11) is 1.62. The van der Waals surface area contributed by atoms with E-state index in [0.29, 0.717) is 31.7 Å². The Labute approximate surface area is 155 Å². The molecule has 0 saturated carbocycles. The Bertz CT molecular complexity index is 840. The van der Waals surface area contributed by atoms with Gasteiger partial charge in [0.15, 0.2) is 0 Å². The molecule has 1 aliphatic heterocycles. The Morgan fingerprint density at radius 3 is 2.59 bits per heavy atom. The Kier molecular flexibility index (Phi) is 5.51. The van der Waals surface area contributed by atoms with Crippen LogP contribution in [-0.4, -0.2) is 31.3 Å². The molecule has 2 heterocycles. The smallest absolute Gasteiger partial charge is 0.381 e. The maximum atomic E-state index is 13.6. The van der Waals surface area contributed by atoms with Crippen LogP contribution in [0.2, 0.25) is 0 Å². The number of pyridine rings is 1. The van der Waals surface area contributed by atoms with Crippen LogP contribution in [0.5, 0.6) is 0 Å². The first-order valence-electron chi connectivity index (χ1n) is 8.54. The molecular weight excluding hydrogens is 357 g/mol. The first-order valence-corrected chi connectivity index (χ1v) is 8.54. The van der Waals surface area contributed by atoms with E-state index in [0.717, 1.165) is 6.07 Å². The maximum Gasteiger partial charge on any atom is 0.418 e. The lowest BCUT2D eigenvalue weighted by atomic mass is 10.0.